The van der Waals surface area contributed by atoms with Gasteiger partial charge in [-0.2, -0.15) is 0 Å². The second-order valence-electron chi connectivity index (χ2n) is 6.80. The highest BCUT2D eigenvalue weighted by molar-refractivity contribution is 6.12. The van der Waals surface area contributed by atoms with Gasteiger partial charge < -0.3 is 14.8 Å². The molecule has 25 heavy (non-hydrogen) atoms. The van der Waals surface area contributed by atoms with E-state index in [9.17, 15) is 5.11 Å². The fourth-order valence-electron chi connectivity index (χ4n) is 3.55. The first-order valence-corrected chi connectivity index (χ1v) is 8.38. The van der Waals surface area contributed by atoms with Gasteiger partial charge in [-0.15, -0.1) is 0 Å². The largest absolute Gasteiger partial charge is 0.366 e. The van der Waals surface area contributed by atoms with Crippen molar-refractivity contribution in [1.29, 1.82) is 0 Å². The third kappa shape index (κ3) is 2.43. The lowest BCUT2D eigenvalue weighted by atomic mass is 9.78. The van der Waals surface area contributed by atoms with Crippen LogP contribution in [0.5, 0.6) is 0 Å². The van der Waals surface area contributed by atoms with E-state index in [2.05, 4.69) is 5.16 Å². The Morgan fingerprint density at radius 1 is 1.04 bits per heavy atom. The minimum absolute atomic E-state index is 0.312. The number of aliphatic imine (C=N–C) groups is 1. The molecular weight excluding hydrogens is 314 g/mol. The number of aliphatic hydroxyl groups is 1. The molecule has 5 heteroatoms. The van der Waals surface area contributed by atoms with Crippen LogP contribution in [0.1, 0.15) is 17.5 Å². The number of nitrogens with zero attached hydrogens (tertiary/aromatic N) is 3. The predicted molar refractivity (Wildman–Crippen MR) is 97.6 cm³/mol. The summed E-state index contributed by atoms with van der Waals surface area (Å²) in [4.78, 5) is 12.5. The lowest BCUT2D eigenvalue weighted by Gasteiger charge is -2.32. The van der Waals surface area contributed by atoms with Gasteiger partial charge in [0.1, 0.15) is 11.5 Å². The molecule has 4 rings (SSSR count). The van der Waals surface area contributed by atoms with Crippen molar-refractivity contribution in [2.24, 2.45) is 10.1 Å². The van der Waals surface area contributed by atoms with Crippen molar-refractivity contribution < 1.29 is 9.94 Å². The van der Waals surface area contributed by atoms with E-state index in [1.165, 1.54) is 0 Å². The molecular formula is C20H21N3O2. The SMILES string of the molecule is CN(C)C1=N[C@]2(Cc3ccccc3)C(c3ccccc3)=NO[C@@]2(O)C1. The number of amidine groups is 1. The molecule has 0 unspecified atom stereocenters. The Bertz CT molecular complexity index is 833. The number of rotatable bonds is 3. The molecule has 2 atom stereocenters. The fourth-order valence-corrected chi connectivity index (χ4v) is 3.55. The predicted octanol–water partition coefficient (Wildman–Crippen LogP) is 2.45. The summed E-state index contributed by atoms with van der Waals surface area (Å²) in [6, 6.07) is 19.9. The summed E-state index contributed by atoms with van der Waals surface area (Å²) in [6.07, 6.45) is 0.835. The standard InChI is InChI=1S/C20H21N3O2/c1-23(2)17-14-20(24)19(21-17,13-15-9-5-3-6-10-15)18(22-25-20)16-11-7-4-8-12-16/h3-12,24H,13-14H2,1-2H3/t19-,20+/m1/s1. The maximum Gasteiger partial charge on any atom is 0.273 e. The Morgan fingerprint density at radius 2 is 1.68 bits per heavy atom. The van der Waals surface area contributed by atoms with Crippen LogP contribution in [-0.4, -0.2) is 47.0 Å². The van der Waals surface area contributed by atoms with Crippen LogP contribution in [0.4, 0.5) is 0 Å². The van der Waals surface area contributed by atoms with Gasteiger partial charge in [0.25, 0.3) is 5.79 Å². The third-order valence-electron chi connectivity index (χ3n) is 4.91. The normalized spacial score (nSPS) is 27.3. The highest BCUT2D eigenvalue weighted by atomic mass is 16.7. The smallest absolute Gasteiger partial charge is 0.273 e. The average Bonchev–Trinajstić information content (AvgIpc) is 3.04. The van der Waals surface area contributed by atoms with Gasteiger partial charge in [-0.05, 0) is 5.56 Å². The Kier molecular flexibility index (Phi) is 3.62. The molecule has 0 spiro atoms. The van der Waals surface area contributed by atoms with Crippen LogP contribution >= 0.6 is 0 Å². The Balaban J connectivity index is 1.85. The topological polar surface area (TPSA) is 57.4 Å². The lowest BCUT2D eigenvalue weighted by Crippen LogP contribution is -2.54. The number of fused-ring (bicyclic) bond motifs is 1. The zero-order valence-electron chi connectivity index (χ0n) is 14.4. The van der Waals surface area contributed by atoms with Gasteiger partial charge in [-0.25, -0.2) is 0 Å². The van der Waals surface area contributed by atoms with Crippen molar-refractivity contribution >= 4 is 11.5 Å². The van der Waals surface area contributed by atoms with Gasteiger partial charge in [0.05, 0.1) is 6.42 Å². The van der Waals surface area contributed by atoms with Crippen LogP contribution in [-0.2, 0) is 11.3 Å². The molecule has 0 fully saturated rings. The van der Waals surface area contributed by atoms with Crippen LogP contribution in [0.25, 0.3) is 0 Å². The first-order valence-electron chi connectivity index (χ1n) is 8.38. The molecule has 0 saturated carbocycles. The van der Waals surface area contributed by atoms with E-state index in [1.54, 1.807) is 0 Å². The molecule has 2 aromatic carbocycles. The first-order chi connectivity index (χ1) is 12.0. The molecule has 2 heterocycles. The summed E-state index contributed by atoms with van der Waals surface area (Å²) in [6.45, 7) is 0. The van der Waals surface area contributed by atoms with Crippen molar-refractivity contribution in [2.75, 3.05) is 14.1 Å². The summed E-state index contributed by atoms with van der Waals surface area (Å²) in [5.41, 5.74) is 1.73. The number of oxime groups is 1. The molecule has 5 nitrogen and oxygen atoms in total. The quantitative estimate of drug-likeness (QED) is 0.937. The van der Waals surface area contributed by atoms with E-state index >= 15 is 0 Å². The van der Waals surface area contributed by atoms with Crippen LogP contribution < -0.4 is 0 Å². The van der Waals surface area contributed by atoms with E-state index in [4.69, 9.17) is 9.83 Å². The molecule has 128 valence electrons. The summed E-state index contributed by atoms with van der Waals surface area (Å²) < 4.78 is 0. The van der Waals surface area contributed by atoms with Crippen molar-refractivity contribution in [3.63, 3.8) is 0 Å². The summed E-state index contributed by atoms with van der Waals surface area (Å²) in [5.74, 6) is -0.657. The Hall–Kier alpha value is -2.66. The van der Waals surface area contributed by atoms with E-state index < -0.39 is 11.3 Å². The Morgan fingerprint density at radius 3 is 2.32 bits per heavy atom. The summed E-state index contributed by atoms with van der Waals surface area (Å²) in [5, 5.41) is 15.6. The maximum absolute atomic E-state index is 11.3. The number of hydrogen-bond donors (Lipinski definition) is 1. The van der Waals surface area contributed by atoms with Gasteiger partial charge in [-0.1, -0.05) is 65.8 Å². The first kappa shape index (κ1) is 15.8. The monoisotopic (exact) mass is 335 g/mol. The van der Waals surface area contributed by atoms with Crippen LogP contribution in [0.15, 0.2) is 70.8 Å². The van der Waals surface area contributed by atoms with Gasteiger partial charge in [0.15, 0.2) is 5.54 Å². The van der Waals surface area contributed by atoms with Gasteiger partial charge >= 0.3 is 0 Å². The highest BCUT2D eigenvalue weighted by Gasteiger charge is 2.65. The molecule has 0 amide bonds. The van der Waals surface area contributed by atoms with Crippen molar-refractivity contribution in [3.05, 3.63) is 71.8 Å². The number of hydrogen-bond acceptors (Lipinski definition) is 5. The average molecular weight is 335 g/mol. The third-order valence-corrected chi connectivity index (χ3v) is 4.91. The van der Waals surface area contributed by atoms with Gasteiger partial charge in [0, 0.05) is 26.1 Å². The van der Waals surface area contributed by atoms with Gasteiger partial charge in [-0.3, -0.25) is 4.99 Å². The molecule has 0 bridgehead atoms. The van der Waals surface area contributed by atoms with E-state index in [0.29, 0.717) is 18.6 Å². The second-order valence-corrected chi connectivity index (χ2v) is 6.80. The minimum Gasteiger partial charge on any atom is -0.366 e. The lowest BCUT2D eigenvalue weighted by molar-refractivity contribution is -0.202. The van der Waals surface area contributed by atoms with E-state index in [-0.39, 0.29) is 0 Å². The van der Waals surface area contributed by atoms with Crippen molar-refractivity contribution in [2.45, 2.75) is 24.2 Å². The molecule has 2 aromatic rings. The zero-order chi connectivity index (χ0) is 17.5. The highest BCUT2D eigenvalue weighted by Crippen LogP contribution is 2.47. The molecule has 0 radical (unpaired) electrons. The summed E-state index contributed by atoms with van der Waals surface area (Å²) in [7, 11) is 3.86. The van der Waals surface area contributed by atoms with E-state index in [0.717, 1.165) is 17.0 Å². The van der Waals surface area contributed by atoms with Gasteiger partial charge in [0.2, 0.25) is 0 Å². The maximum atomic E-state index is 11.3. The zero-order valence-corrected chi connectivity index (χ0v) is 14.4. The van der Waals surface area contributed by atoms with Crippen molar-refractivity contribution in [3.8, 4) is 0 Å². The van der Waals surface area contributed by atoms with Crippen LogP contribution in [0.2, 0.25) is 0 Å². The van der Waals surface area contributed by atoms with Crippen LogP contribution in [0, 0.1) is 0 Å². The minimum atomic E-state index is -1.46. The fraction of sp³-hybridized carbons (Fsp3) is 0.300. The Labute approximate surface area is 147 Å². The number of benzene rings is 2. The van der Waals surface area contributed by atoms with E-state index in [1.807, 2.05) is 79.7 Å². The van der Waals surface area contributed by atoms with Crippen LogP contribution in [0.3, 0.4) is 0 Å². The molecule has 2 aliphatic rings. The molecule has 2 aliphatic heterocycles. The van der Waals surface area contributed by atoms with Crippen molar-refractivity contribution in [1.82, 2.24) is 4.90 Å². The molecule has 1 N–H and O–H groups in total. The summed E-state index contributed by atoms with van der Waals surface area (Å²) >= 11 is 0. The molecule has 0 saturated heterocycles. The molecule has 0 aliphatic carbocycles. The molecule has 0 aromatic heterocycles. The second kappa shape index (κ2) is 5.70.